The van der Waals surface area contributed by atoms with Crippen molar-refractivity contribution in [2.24, 2.45) is 0 Å². The number of benzene rings is 4. The number of anilines is 2. The molecule has 0 aliphatic heterocycles. The van der Waals surface area contributed by atoms with E-state index < -0.39 is 12.2 Å². The molecule has 2 amide bonds. The molecule has 2 aromatic heterocycles. The van der Waals surface area contributed by atoms with Crippen LogP contribution in [0, 0.1) is 0 Å². The highest BCUT2D eigenvalue weighted by atomic mass is 128. The number of nitrogens with zero attached hydrogens (tertiary/aromatic N) is 6. The van der Waals surface area contributed by atoms with Crippen LogP contribution in [0.1, 0.15) is 11.1 Å². The van der Waals surface area contributed by atoms with Crippen molar-refractivity contribution in [3.63, 3.8) is 0 Å². The van der Waals surface area contributed by atoms with E-state index in [1.807, 2.05) is 36.4 Å². The maximum atomic E-state index is 11.9. The standard InChI is InChI=1S/C19H18ClN3O4.C18H16ClN3O4.I2.HI/c1-25-19(24)23(26-2)17-6-4-3-5-14(17)13-27-18-11-12-22(21-18)16-9-7-15(20)8-10-16;1-25-18(23)22(24)16-5-3-2-4-13(16)12-26-17-10-11-21(20-17)15-8-6-14(19)7-9-15;1-2;/h3-12H,13H2,1-2H3;2-11,24H,12H2,1H3;;1H. The third-order valence-corrected chi connectivity index (χ3v) is 7.87. The van der Waals surface area contributed by atoms with E-state index in [0.29, 0.717) is 38.1 Å². The molecule has 0 fully saturated rings. The predicted molar refractivity (Wildman–Crippen MR) is 241 cm³/mol. The zero-order valence-corrected chi connectivity index (χ0v) is 38.0. The van der Waals surface area contributed by atoms with Crippen LogP contribution in [0.4, 0.5) is 21.0 Å². The van der Waals surface area contributed by atoms with Crippen molar-refractivity contribution in [2.75, 3.05) is 31.5 Å². The zero-order chi connectivity index (χ0) is 39.7. The quantitative estimate of drug-likeness (QED) is 0.0757. The molecule has 0 atom stereocenters. The van der Waals surface area contributed by atoms with E-state index in [2.05, 4.69) is 52.2 Å². The van der Waals surface area contributed by atoms with Gasteiger partial charge in [0, 0.05) is 82.9 Å². The number of halogens is 5. The molecule has 4 aromatic carbocycles. The van der Waals surface area contributed by atoms with Gasteiger partial charge in [0.2, 0.25) is 11.8 Å². The number of hydrogen-bond acceptors (Lipinski definition) is 10. The minimum Gasteiger partial charge on any atom is -0.472 e. The van der Waals surface area contributed by atoms with Crippen molar-refractivity contribution in [2.45, 2.75) is 13.2 Å². The normalized spacial score (nSPS) is 10.0. The maximum Gasteiger partial charge on any atom is 0.438 e. The summed E-state index contributed by atoms with van der Waals surface area (Å²) in [6.07, 6.45) is 2.04. The van der Waals surface area contributed by atoms with Crippen molar-refractivity contribution < 1.29 is 38.6 Å². The molecular formula is C37H35Cl2I3N6O8. The fourth-order valence-corrected chi connectivity index (χ4v) is 5.01. The summed E-state index contributed by atoms with van der Waals surface area (Å²) in [6.45, 7) is 0.312. The van der Waals surface area contributed by atoms with Crippen LogP contribution in [0.3, 0.4) is 0 Å². The lowest BCUT2D eigenvalue weighted by Crippen LogP contribution is -2.30. The Morgan fingerprint density at radius 1 is 0.643 bits per heavy atom. The first-order valence-corrected chi connectivity index (χ1v) is 22.9. The molecule has 0 spiro atoms. The molecule has 6 aromatic rings. The maximum absolute atomic E-state index is 11.9. The fourth-order valence-electron chi connectivity index (χ4n) is 4.76. The Balaban J connectivity index is 0.000000283. The van der Waals surface area contributed by atoms with Gasteiger partial charge < -0.3 is 18.9 Å². The van der Waals surface area contributed by atoms with E-state index in [-0.39, 0.29) is 42.9 Å². The summed E-state index contributed by atoms with van der Waals surface area (Å²) >= 11 is 16.0. The zero-order valence-electron chi connectivity index (χ0n) is 29.9. The highest BCUT2D eigenvalue weighted by Crippen LogP contribution is 2.25. The summed E-state index contributed by atoms with van der Waals surface area (Å²) in [4.78, 5) is 28.5. The van der Waals surface area contributed by atoms with Gasteiger partial charge in [-0.25, -0.2) is 19.0 Å². The van der Waals surface area contributed by atoms with Crippen LogP contribution in [0.25, 0.3) is 11.4 Å². The second-order valence-corrected chi connectivity index (χ2v) is 11.6. The van der Waals surface area contributed by atoms with Gasteiger partial charge in [0.25, 0.3) is 0 Å². The average molecular weight is 1140 g/mol. The molecule has 0 bridgehead atoms. The molecule has 2 heterocycles. The lowest BCUT2D eigenvalue weighted by atomic mass is 10.2. The first kappa shape index (κ1) is 46.5. The molecule has 1 N–H and O–H groups in total. The molecule has 6 rings (SSSR count). The minimum atomic E-state index is -0.885. The van der Waals surface area contributed by atoms with Gasteiger partial charge in [-0.1, -0.05) is 59.6 Å². The summed E-state index contributed by atoms with van der Waals surface area (Å²) in [5.74, 6) is 0.846. The van der Waals surface area contributed by atoms with E-state index in [9.17, 15) is 14.8 Å². The second-order valence-electron chi connectivity index (χ2n) is 10.7. The Kier molecular flexibility index (Phi) is 20.0. The summed E-state index contributed by atoms with van der Waals surface area (Å²) in [6, 6.07) is 32.0. The second kappa shape index (κ2) is 24.0. The first-order chi connectivity index (χ1) is 26.7. The third kappa shape index (κ3) is 13.1. The number of para-hydroxylation sites is 2. The number of hydroxylamine groups is 2. The van der Waals surface area contributed by atoms with E-state index >= 15 is 0 Å². The van der Waals surface area contributed by atoms with Crippen molar-refractivity contribution in [1.29, 1.82) is 0 Å². The molecule has 14 nitrogen and oxygen atoms in total. The molecule has 0 radical (unpaired) electrons. The Hall–Kier alpha value is -3.87. The molecule has 0 unspecified atom stereocenters. The number of carbonyl (C=O) groups is 2. The molecule has 19 heteroatoms. The van der Waals surface area contributed by atoms with E-state index in [4.69, 9.17) is 42.3 Å². The number of carbonyl (C=O) groups excluding carboxylic acids is 2. The minimum absolute atomic E-state index is 0. The van der Waals surface area contributed by atoms with Gasteiger partial charge in [-0.05, 0) is 60.7 Å². The number of amides is 2. The van der Waals surface area contributed by atoms with Gasteiger partial charge in [0.15, 0.2) is 0 Å². The average Bonchev–Trinajstić information content (AvgIpc) is 3.91. The molecule has 0 aliphatic rings. The molecule has 56 heavy (non-hydrogen) atoms. The summed E-state index contributed by atoms with van der Waals surface area (Å²) < 4.78 is 24.0. The SMILES string of the molecule is COC(=O)N(O)c1ccccc1COc1ccn(-c2ccc(Cl)cc2)n1.COC(=O)N(OC)c1ccccc1COc1ccn(-c2ccc(Cl)cc2)n1.I.II. The van der Waals surface area contributed by atoms with E-state index in [1.165, 1.54) is 21.3 Å². The number of hydrogen-bond donors (Lipinski definition) is 1. The fraction of sp³-hybridized carbons (Fsp3) is 0.135. The Bertz CT molecular complexity index is 2120. The van der Waals surface area contributed by atoms with Gasteiger partial charge in [-0.15, -0.1) is 34.2 Å². The van der Waals surface area contributed by atoms with Crippen LogP contribution < -0.4 is 19.6 Å². The monoisotopic (exact) mass is 1140 g/mol. The van der Waals surface area contributed by atoms with Gasteiger partial charge in [-0.2, -0.15) is 10.1 Å². The molecule has 0 aliphatic carbocycles. The van der Waals surface area contributed by atoms with Gasteiger partial charge in [0.1, 0.15) is 13.2 Å². The van der Waals surface area contributed by atoms with Crippen molar-refractivity contribution in [3.05, 3.63) is 143 Å². The molecule has 296 valence electrons. The summed E-state index contributed by atoms with van der Waals surface area (Å²) in [7, 11) is 3.87. The van der Waals surface area contributed by atoms with Gasteiger partial charge in [0.05, 0.1) is 44.1 Å². The van der Waals surface area contributed by atoms with Crippen molar-refractivity contribution in [1.82, 2.24) is 19.6 Å². The van der Waals surface area contributed by atoms with Crippen LogP contribution in [-0.4, -0.2) is 58.3 Å². The van der Waals surface area contributed by atoms with Crippen LogP contribution >= 0.6 is 84.4 Å². The topological polar surface area (TPSA) is 143 Å². The largest absolute Gasteiger partial charge is 0.472 e. The molecule has 0 saturated carbocycles. The predicted octanol–water partition coefficient (Wildman–Crippen LogP) is 10.7. The lowest BCUT2D eigenvalue weighted by molar-refractivity contribution is 0.115. The Labute approximate surface area is 373 Å². The third-order valence-electron chi connectivity index (χ3n) is 7.36. The number of rotatable bonds is 11. The highest BCUT2D eigenvalue weighted by molar-refractivity contribution is 15.0. The summed E-state index contributed by atoms with van der Waals surface area (Å²) in [5.41, 5.74) is 3.86. The van der Waals surface area contributed by atoms with Crippen molar-refractivity contribution in [3.8, 4) is 23.1 Å². The van der Waals surface area contributed by atoms with Crippen LogP contribution in [0.15, 0.2) is 122 Å². The Morgan fingerprint density at radius 3 is 1.48 bits per heavy atom. The first-order valence-electron chi connectivity index (χ1n) is 15.9. The Morgan fingerprint density at radius 2 is 1.05 bits per heavy atom. The number of methoxy groups -OCH3 is 2. The molecular weight excluding hydrogens is 1110 g/mol. The van der Waals surface area contributed by atoms with Crippen LogP contribution in [0.2, 0.25) is 10.0 Å². The highest BCUT2D eigenvalue weighted by Gasteiger charge is 2.20. The number of aromatic nitrogens is 4. The van der Waals surface area contributed by atoms with Gasteiger partial charge >= 0.3 is 12.2 Å². The smallest absolute Gasteiger partial charge is 0.438 e. The number of ether oxygens (including phenoxy) is 4. The van der Waals surface area contributed by atoms with Crippen LogP contribution in [0.5, 0.6) is 11.8 Å². The summed E-state index contributed by atoms with van der Waals surface area (Å²) in [5, 5.41) is 21.4. The van der Waals surface area contributed by atoms with E-state index in [0.717, 1.165) is 22.0 Å². The molecule has 0 saturated heterocycles. The lowest BCUT2D eigenvalue weighted by Gasteiger charge is -2.20. The van der Waals surface area contributed by atoms with Gasteiger partial charge in [-0.3, -0.25) is 10.0 Å². The van der Waals surface area contributed by atoms with E-state index in [1.54, 1.807) is 94.6 Å². The van der Waals surface area contributed by atoms with Crippen molar-refractivity contribution >= 4 is 108 Å². The van der Waals surface area contributed by atoms with Crippen LogP contribution in [-0.2, 0) is 27.5 Å².